The molecule has 0 aromatic heterocycles. The van der Waals surface area contributed by atoms with Crippen molar-refractivity contribution in [1.82, 2.24) is 10.2 Å². The summed E-state index contributed by atoms with van der Waals surface area (Å²) in [5.74, 6) is -0.938. The van der Waals surface area contributed by atoms with Crippen LogP contribution >= 0.6 is 0 Å². The monoisotopic (exact) mass is 595 g/mol. The second kappa shape index (κ2) is 15.5. The summed E-state index contributed by atoms with van der Waals surface area (Å²) in [5.41, 5.74) is 3.23. The van der Waals surface area contributed by atoms with E-state index in [9.17, 15) is 22.4 Å². The predicted octanol–water partition coefficient (Wildman–Crippen LogP) is 5.49. The van der Waals surface area contributed by atoms with Gasteiger partial charge < -0.3 is 10.2 Å². The molecule has 0 saturated carbocycles. The van der Waals surface area contributed by atoms with Gasteiger partial charge in [0, 0.05) is 32.0 Å². The normalized spacial score (nSPS) is 12.8. The van der Waals surface area contributed by atoms with Crippen molar-refractivity contribution in [3.8, 4) is 0 Å². The Balaban J connectivity index is 1.87. The number of nitrogens with zero attached hydrogens (tertiary/aromatic N) is 2. The van der Waals surface area contributed by atoms with E-state index in [1.54, 1.807) is 29.2 Å². The smallest absolute Gasteiger partial charge is 0.243 e. The third-order valence-electron chi connectivity index (χ3n) is 7.32. The van der Waals surface area contributed by atoms with Gasteiger partial charge in [0.2, 0.25) is 21.8 Å². The number of aryl methyl sites for hydroxylation is 1. The number of hydrogen-bond acceptors (Lipinski definition) is 4. The molecule has 0 radical (unpaired) electrons. The first-order valence-electron chi connectivity index (χ1n) is 14.5. The van der Waals surface area contributed by atoms with E-state index in [0.717, 1.165) is 30.2 Å². The van der Waals surface area contributed by atoms with Crippen LogP contribution in [0.1, 0.15) is 56.7 Å². The molecule has 7 nitrogen and oxygen atoms in total. The van der Waals surface area contributed by atoms with E-state index in [-0.39, 0.29) is 49.6 Å². The van der Waals surface area contributed by atoms with Crippen LogP contribution in [0.5, 0.6) is 0 Å². The van der Waals surface area contributed by atoms with Gasteiger partial charge in [0.25, 0.3) is 0 Å². The van der Waals surface area contributed by atoms with Crippen LogP contribution in [0.15, 0.2) is 78.9 Å². The molecule has 3 aromatic rings. The Bertz CT molecular complexity index is 1400. The average Bonchev–Trinajstić information content (AvgIpc) is 2.97. The minimum atomic E-state index is -3.59. The third kappa shape index (κ3) is 9.69. The third-order valence-corrected chi connectivity index (χ3v) is 8.52. The topological polar surface area (TPSA) is 86.8 Å². The van der Waals surface area contributed by atoms with Crippen molar-refractivity contribution in [2.24, 2.45) is 0 Å². The van der Waals surface area contributed by atoms with E-state index in [4.69, 9.17) is 0 Å². The molecule has 1 N–H and O–H groups in total. The Morgan fingerprint density at radius 1 is 0.881 bits per heavy atom. The molecule has 0 aliphatic carbocycles. The Labute approximate surface area is 249 Å². The highest BCUT2D eigenvalue weighted by Crippen LogP contribution is 2.21. The lowest BCUT2D eigenvalue weighted by Gasteiger charge is -2.32. The molecule has 0 unspecified atom stereocenters. The van der Waals surface area contributed by atoms with Crippen molar-refractivity contribution in [2.45, 2.75) is 71.5 Å². The van der Waals surface area contributed by atoms with Crippen LogP contribution in [0.4, 0.5) is 10.1 Å². The second-order valence-corrected chi connectivity index (χ2v) is 12.5. The minimum Gasteiger partial charge on any atom is -0.352 e. The van der Waals surface area contributed by atoms with E-state index in [0.29, 0.717) is 17.7 Å². The van der Waals surface area contributed by atoms with Gasteiger partial charge in [-0.1, -0.05) is 68.4 Å². The van der Waals surface area contributed by atoms with Crippen LogP contribution in [-0.2, 0) is 39.0 Å². The van der Waals surface area contributed by atoms with E-state index in [1.807, 2.05) is 63.2 Å². The average molecular weight is 596 g/mol. The number of nitrogens with one attached hydrogen (secondary N) is 1. The summed E-state index contributed by atoms with van der Waals surface area (Å²) in [6, 6.07) is 21.8. The lowest BCUT2D eigenvalue weighted by atomic mass is 10.0. The summed E-state index contributed by atoms with van der Waals surface area (Å²) < 4.78 is 40.3. The van der Waals surface area contributed by atoms with Crippen molar-refractivity contribution in [3.63, 3.8) is 0 Å². The molecule has 226 valence electrons. The number of rotatable bonds is 15. The van der Waals surface area contributed by atoms with Crippen molar-refractivity contribution >= 4 is 27.5 Å². The standard InChI is InChI=1S/C33H42FN3O4S/c1-5-25(3)35-33(39)31(23-27-11-8-7-9-12-27)36(24-28-14-18-29(34)19-15-28)32(38)13-10-22-37(42(4,40)41)30-20-16-26(6-2)17-21-30/h7-9,11-12,14-21,25,31H,5-6,10,13,22-24H2,1-4H3,(H,35,39)/t25-,31-/m0/s1. The molecule has 3 aromatic carbocycles. The maximum Gasteiger partial charge on any atom is 0.243 e. The van der Waals surface area contributed by atoms with E-state index >= 15 is 0 Å². The summed E-state index contributed by atoms with van der Waals surface area (Å²) >= 11 is 0. The Kier molecular flexibility index (Phi) is 12.1. The molecule has 2 amide bonds. The molecule has 42 heavy (non-hydrogen) atoms. The van der Waals surface area contributed by atoms with Gasteiger partial charge in [-0.15, -0.1) is 0 Å². The van der Waals surface area contributed by atoms with Crippen LogP contribution in [0.3, 0.4) is 0 Å². The fraction of sp³-hybridized carbons (Fsp3) is 0.394. The SMILES string of the molecule is CCc1ccc(N(CCCC(=O)N(Cc2ccc(F)cc2)[C@@H](Cc2ccccc2)C(=O)N[C@@H](C)CC)S(C)(=O)=O)cc1. The summed E-state index contributed by atoms with van der Waals surface area (Å²) in [4.78, 5) is 29.0. The number of carbonyl (C=O) groups is 2. The van der Waals surface area contributed by atoms with Crippen LogP contribution in [0.25, 0.3) is 0 Å². The molecule has 0 saturated heterocycles. The van der Waals surface area contributed by atoms with Crippen LogP contribution in [-0.4, -0.2) is 50.0 Å². The van der Waals surface area contributed by atoms with E-state index in [2.05, 4.69) is 5.32 Å². The first kappa shape index (κ1) is 32.8. The molecule has 0 fully saturated rings. The number of halogens is 1. The molecule has 0 heterocycles. The number of amides is 2. The van der Waals surface area contributed by atoms with Crippen molar-refractivity contribution in [3.05, 3.63) is 101 Å². The van der Waals surface area contributed by atoms with Gasteiger partial charge in [-0.2, -0.15) is 0 Å². The molecule has 0 aliphatic rings. The number of sulfonamides is 1. The Hall–Kier alpha value is -3.72. The van der Waals surface area contributed by atoms with Gasteiger partial charge in [0.1, 0.15) is 11.9 Å². The number of carbonyl (C=O) groups excluding carboxylic acids is 2. The molecule has 0 bridgehead atoms. The summed E-state index contributed by atoms with van der Waals surface area (Å²) in [6.45, 7) is 6.14. The molecular weight excluding hydrogens is 553 g/mol. The first-order chi connectivity index (χ1) is 20.0. The fourth-order valence-corrected chi connectivity index (χ4v) is 5.65. The van der Waals surface area contributed by atoms with Gasteiger partial charge in [-0.3, -0.25) is 13.9 Å². The summed E-state index contributed by atoms with van der Waals surface area (Å²) in [6.07, 6.45) is 3.31. The predicted molar refractivity (Wildman–Crippen MR) is 166 cm³/mol. The van der Waals surface area contributed by atoms with Crippen LogP contribution < -0.4 is 9.62 Å². The highest BCUT2D eigenvalue weighted by molar-refractivity contribution is 7.92. The van der Waals surface area contributed by atoms with Crippen molar-refractivity contribution in [1.29, 1.82) is 0 Å². The second-order valence-electron chi connectivity index (χ2n) is 10.6. The maximum atomic E-state index is 13.9. The molecule has 3 rings (SSSR count). The maximum absolute atomic E-state index is 13.9. The number of benzene rings is 3. The zero-order chi connectivity index (χ0) is 30.7. The van der Waals surface area contributed by atoms with Crippen molar-refractivity contribution < 1.29 is 22.4 Å². The van der Waals surface area contributed by atoms with Gasteiger partial charge in [0.05, 0.1) is 11.9 Å². The molecule has 0 aliphatic heterocycles. The number of anilines is 1. The molecule has 0 spiro atoms. The quantitative estimate of drug-likeness (QED) is 0.252. The summed E-state index contributed by atoms with van der Waals surface area (Å²) in [7, 11) is -3.59. The highest BCUT2D eigenvalue weighted by Gasteiger charge is 2.31. The number of hydrogen-bond donors (Lipinski definition) is 1. The Morgan fingerprint density at radius 2 is 1.50 bits per heavy atom. The van der Waals surface area contributed by atoms with Gasteiger partial charge in [-0.05, 0) is 67.1 Å². The highest BCUT2D eigenvalue weighted by atomic mass is 32.2. The molecular formula is C33H42FN3O4S. The lowest BCUT2D eigenvalue weighted by Crippen LogP contribution is -2.52. The Morgan fingerprint density at radius 3 is 2.07 bits per heavy atom. The van der Waals surface area contributed by atoms with E-state index < -0.39 is 16.1 Å². The fourth-order valence-electron chi connectivity index (χ4n) is 4.68. The van der Waals surface area contributed by atoms with E-state index in [1.165, 1.54) is 16.4 Å². The first-order valence-corrected chi connectivity index (χ1v) is 16.3. The van der Waals surface area contributed by atoms with Crippen LogP contribution in [0.2, 0.25) is 0 Å². The summed E-state index contributed by atoms with van der Waals surface area (Å²) in [5, 5.41) is 3.02. The van der Waals surface area contributed by atoms with Gasteiger partial charge in [0.15, 0.2) is 0 Å². The van der Waals surface area contributed by atoms with Crippen molar-refractivity contribution in [2.75, 3.05) is 17.1 Å². The molecule has 2 atom stereocenters. The zero-order valence-electron chi connectivity index (χ0n) is 24.9. The largest absolute Gasteiger partial charge is 0.352 e. The minimum absolute atomic E-state index is 0.0299. The van der Waals surface area contributed by atoms with Gasteiger partial charge >= 0.3 is 0 Å². The van der Waals surface area contributed by atoms with Crippen LogP contribution in [0, 0.1) is 5.82 Å². The zero-order valence-corrected chi connectivity index (χ0v) is 25.7. The molecule has 9 heteroatoms. The lowest BCUT2D eigenvalue weighted by molar-refractivity contribution is -0.141. The van der Waals surface area contributed by atoms with Gasteiger partial charge in [-0.25, -0.2) is 12.8 Å².